The normalized spacial score (nSPS) is 25.0. The van der Waals surface area contributed by atoms with Crippen molar-refractivity contribution in [2.24, 2.45) is 5.92 Å². The van der Waals surface area contributed by atoms with Crippen LogP contribution in [0, 0.1) is 12.8 Å². The van der Waals surface area contributed by atoms with Crippen molar-refractivity contribution in [2.75, 3.05) is 6.54 Å². The van der Waals surface area contributed by atoms with E-state index < -0.39 is 11.6 Å². The summed E-state index contributed by atoms with van der Waals surface area (Å²) in [7, 11) is 0. The first-order chi connectivity index (χ1) is 14.3. The third kappa shape index (κ3) is 3.46. The number of H-pyrrole nitrogens is 1. The van der Waals surface area contributed by atoms with E-state index in [0.717, 1.165) is 40.6 Å². The van der Waals surface area contributed by atoms with Gasteiger partial charge in [0.15, 0.2) is 0 Å². The molecule has 2 fully saturated rings. The largest absolute Gasteiger partial charge is 0.361 e. The number of carbonyl (C=O) groups is 3. The number of nitrogens with zero attached hydrogens (tertiary/aromatic N) is 1. The van der Waals surface area contributed by atoms with E-state index in [0.29, 0.717) is 12.8 Å². The molecule has 3 N–H and O–H groups in total. The number of aryl methyl sites for hydroxylation is 1. The summed E-state index contributed by atoms with van der Waals surface area (Å²) in [4.78, 5) is 42.5. The van der Waals surface area contributed by atoms with Crippen LogP contribution < -0.4 is 10.6 Å². The number of imide groups is 1. The van der Waals surface area contributed by atoms with Crippen LogP contribution in [0.3, 0.4) is 0 Å². The van der Waals surface area contributed by atoms with Crippen molar-refractivity contribution in [1.82, 2.24) is 20.5 Å². The van der Waals surface area contributed by atoms with Crippen LogP contribution in [0.5, 0.6) is 0 Å². The maximum atomic E-state index is 13.0. The first kappa shape index (κ1) is 20.4. The molecule has 4 rings (SSSR count). The van der Waals surface area contributed by atoms with Gasteiger partial charge in [0, 0.05) is 23.1 Å². The van der Waals surface area contributed by atoms with Crippen LogP contribution in [0.25, 0.3) is 10.9 Å². The Hall–Kier alpha value is -2.83. The number of amides is 4. The standard InChI is InChI=1S/C23H30N4O3/c1-14-7-6-9-18-17(12-24-20(14)18)11-16(3)25-19(28)13-27-21(29)23(26-22(27)30)10-5-4-8-15(23)2/h6-7,9,12,15-16,24H,4-5,8,10-11,13H2,1-3H3,(H,25,28)(H,26,30)/t15-,16+,23+/m1/s1. The quantitative estimate of drug-likeness (QED) is 0.662. The third-order valence-corrected chi connectivity index (χ3v) is 6.75. The van der Waals surface area contributed by atoms with E-state index in [1.807, 2.05) is 26.1 Å². The van der Waals surface area contributed by atoms with Crippen molar-refractivity contribution in [3.8, 4) is 0 Å². The van der Waals surface area contributed by atoms with Crippen molar-refractivity contribution >= 4 is 28.7 Å². The molecule has 2 aliphatic rings. The zero-order valence-corrected chi connectivity index (χ0v) is 17.9. The number of hydrogen-bond donors (Lipinski definition) is 3. The number of para-hydroxylation sites is 1. The second kappa shape index (κ2) is 7.78. The lowest BCUT2D eigenvalue weighted by molar-refractivity contribution is -0.137. The van der Waals surface area contributed by atoms with Gasteiger partial charge in [-0.25, -0.2) is 4.79 Å². The van der Waals surface area contributed by atoms with Crippen LogP contribution >= 0.6 is 0 Å². The van der Waals surface area contributed by atoms with Crippen LogP contribution in [-0.2, 0) is 16.0 Å². The summed E-state index contributed by atoms with van der Waals surface area (Å²) in [6.45, 7) is 5.76. The zero-order chi connectivity index (χ0) is 21.5. The number of aromatic nitrogens is 1. The van der Waals surface area contributed by atoms with E-state index >= 15 is 0 Å². The Morgan fingerprint density at radius 1 is 1.33 bits per heavy atom. The average Bonchev–Trinajstić information content (AvgIpc) is 3.20. The lowest BCUT2D eigenvalue weighted by atomic mass is 9.73. The Morgan fingerprint density at radius 3 is 2.90 bits per heavy atom. The highest BCUT2D eigenvalue weighted by Crippen LogP contribution is 2.38. The average molecular weight is 411 g/mol. The summed E-state index contributed by atoms with van der Waals surface area (Å²) in [5, 5.41) is 6.99. The number of hydrogen-bond acceptors (Lipinski definition) is 3. The molecule has 1 aliphatic heterocycles. The molecule has 1 saturated carbocycles. The number of urea groups is 1. The molecule has 0 unspecified atom stereocenters. The van der Waals surface area contributed by atoms with E-state index in [4.69, 9.17) is 0 Å². The van der Waals surface area contributed by atoms with Gasteiger partial charge in [-0.15, -0.1) is 0 Å². The molecular weight excluding hydrogens is 380 g/mol. The summed E-state index contributed by atoms with van der Waals surface area (Å²) in [5.41, 5.74) is 2.59. The lowest BCUT2D eigenvalue weighted by Gasteiger charge is -2.36. The zero-order valence-electron chi connectivity index (χ0n) is 17.9. The summed E-state index contributed by atoms with van der Waals surface area (Å²) < 4.78 is 0. The minimum atomic E-state index is -0.830. The van der Waals surface area contributed by atoms with Gasteiger partial charge in [0.25, 0.3) is 5.91 Å². The van der Waals surface area contributed by atoms with E-state index in [9.17, 15) is 14.4 Å². The number of nitrogens with one attached hydrogen (secondary N) is 3. The van der Waals surface area contributed by atoms with Gasteiger partial charge < -0.3 is 15.6 Å². The van der Waals surface area contributed by atoms with Crippen molar-refractivity contribution in [3.63, 3.8) is 0 Å². The molecule has 1 spiro atoms. The van der Waals surface area contributed by atoms with E-state index in [1.165, 1.54) is 5.56 Å². The summed E-state index contributed by atoms with van der Waals surface area (Å²) in [6, 6.07) is 5.58. The smallest absolute Gasteiger partial charge is 0.325 e. The maximum absolute atomic E-state index is 13.0. The molecule has 4 amide bonds. The molecule has 160 valence electrons. The highest BCUT2D eigenvalue weighted by Gasteiger charge is 2.55. The Bertz CT molecular complexity index is 997. The fourth-order valence-corrected chi connectivity index (χ4v) is 5.02. The molecule has 1 saturated heterocycles. The summed E-state index contributed by atoms with van der Waals surface area (Å²) >= 11 is 0. The van der Waals surface area contributed by atoms with Crippen molar-refractivity contribution in [1.29, 1.82) is 0 Å². The van der Waals surface area contributed by atoms with Gasteiger partial charge in [0.1, 0.15) is 12.1 Å². The van der Waals surface area contributed by atoms with Gasteiger partial charge in [-0.3, -0.25) is 14.5 Å². The highest BCUT2D eigenvalue weighted by molar-refractivity contribution is 6.09. The predicted octanol–water partition coefficient (Wildman–Crippen LogP) is 3.02. The predicted molar refractivity (Wildman–Crippen MR) is 115 cm³/mol. The molecule has 1 aromatic carbocycles. The molecule has 0 bridgehead atoms. The van der Waals surface area contributed by atoms with Crippen LogP contribution in [-0.4, -0.2) is 45.9 Å². The first-order valence-electron chi connectivity index (χ1n) is 10.8. The van der Waals surface area contributed by atoms with Crippen LogP contribution in [0.2, 0.25) is 0 Å². The first-order valence-corrected chi connectivity index (χ1v) is 10.8. The van der Waals surface area contributed by atoms with Gasteiger partial charge >= 0.3 is 6.03 Å². The molecule has 7 heteroatoms. The van der Waals surface area contributed by atoms with Crippen molar-refractivity contribution in [2.45, 2.75) is 64.5 Å². The number of rotatable bonds is 5. The summed E-state index contributed by atoms with van der Waals surface area (Å²) in [5.74, 6) is -0.489. The molecule has 0 radical (unpaired) electrons. The fourth-order valence-electron chi connectivity index (χ4n) is 5.02. The van der Waals surface area contributed by atoms with E-state index in [-0.39, 0.29) is 30.3 Å². The van der Waals surface area contributed by atoms with E-state index in [1.54, 1.807) is 0 Å². The summed E-state index contributed by atoms with van der Waals surface area (Å²) in [6.07, 6.45) is 6.18. The Morgan fingerprint density at radius 2 is 2.13 bits per heavy atom. The topological polar surface area (TPSA) is 94.3 Å². The van der Waals surface area contributed by atoms with Crippen molar-refractivity contribution in [3.05, 3.63) is 35.5 Å². The van der Waals surface area contributed by atoms with Gasteiger partial charge in [-0.05, 0) is 50.2 Å². The van der Waals surface area contributed by atoms with Crippen LogP contribution in [0.4, 0.5) is 4.79 Å². The number of carbonyl (C=O) groups excluding carboxylic acids is 3. The molecule has 2 aromatic rings. The molecule has 2 heterocycles. The van der Waals surface area contributed by atoms with Gasteiger partial charge in [-0.2, -0.15) is 0 Å². The Labute approximate surface area is 176 Å². The minimum Gasteiger partial charge on any atom is -0.361 e. The molecule has 3 atom stereocenters. The fraction of sp³-hybridized carbons (Fsp3) is 0.522. The monoisotopic (exact) mass is 410 g/mol. The molecule has 30 heavy (non-hydrogen) atoms. The minimum absolute atomic E-state index is 0.0833. The second-order valence-electron chi connectivity index (χ2n) is 8.92. The SMILES string of the molecule is Cc1cccc2c(C[C@H](C)NC(=O)CN3C(=O)N[C@]4(CCCC[C@H]4C)C3=O)c[nH]c12. The molecular formula is C23H30N4O3. The molecule has 1 aromatic heterocycles. The lowest BCUT2D eigenvalue weighted by Crippen LogP contribution is -2.54. The highest BCUT2D eigenvalue weighted by atomic mass is 16.2. The number of benzene rings is 1. The Kier molecular flexibility index (Phi) is 5.30. The van der Waals surface area contributed by atoms with Crippen LogP contribution in [0.15, 0.2) is 24.4 Å². The third-order valence-electron chi connectivity index (χ3n) is 6.75. The maximum Gasteiger partial charge on any atom is 0.325 e. The van der Waals surface area contributed by atoms with Gasteiger partial charge in [0.2, 0.25) is 5.91 Å². The second-order valence-corrected chi connectivity index (χ2v) is 8.92. The molecule has 7 nitrogen and oxygen atoms in total. The van der Waals surface area contributed by atoms with Gasteiger partial charge in [0.05, 0.1) is 0 Å². The number of fused-ring (bicyclic) bond motifs is 1. The van der Waals surface area contributed by atoms with Crippen molar-refractivity contribution < 1.29 is 14.4 Å². The van der Waals surface area contributed by atoms with E-state index in [2.05, 4.69) is 34.7 Å². The molecule has 1 aliphatic carbocycles. The van der Waals surface area contributed by atoms with Crippen LogP contribution in [0.1, 0.15) is 50.7 Å². The number of aromatic amines is 1. The van der Waals surface area contributed by atoms with Gasteiger partial charge in [-0.1, -0.05) is 38.0 Å². The Balaban J connectivity index is 1.39.